The molecule has 0 aliphatic rings. The van der Waals surface area contributed by atoms with Gasteiger partial charge in [-0.2, -0.15) is 0 Å². The van der Waals surface area contributed by atoms with E-state index in [4.69, 9.17) is 5.73 Å². The molecule has 0 atom stereocenters. The highest BCUT2D eigenvalue weighted by Gasteiger charge is 2.28. The topological polar surface area (TPSA) is 66.0 Å². The van der Waals surface area contributed by atoms with Crippen LogP contribution in [0.25, 0.3) is 0 Å². The summed E-state index contributed by atoms with van der Waals surface area (Å²) in [5.41, 5.74) is 5.86. The molecule has 1 aromatic heterocycles. The molecule has 80 valence electrons. The maximum atomic E-state index is 11.6. The van der Waals surface area contributed by atoms with E-state index in [1.54, 1.807) is 6.92 Å². The van der Waals surface area contributed by atoms with Crippen molar-refractivity contribution in [2.75, 3.05) is 12.3 Å². The van der Waals surface area contributed by atoms with Gasteiger partial charge in [0.1, 0.15) is 0 Å². The van der Waals surface area contributed by atoms with Crippen LogP contribution in [0, 0.1) is 6.92 Å². The third-order valence-electron chi connectivity index (χ3n) is 1.59. The van der Waals surface area contributed by atoms with Crippen molar-refractivity contribution in [1.82, 2.24) is 15.0 Å². The fourth-order valence-electron chi connectivity index (χ4n) is 0.834. The van der Waals surface area contributed by atoms with Crippen molar-refractivity contribution in [3.05, 3.63) is 5.69 Å². The Morgan fingerprint density at radius 1 is 1.50 bits per heavy atom. The van der Waals surface area contributed by atoms with E-state index in [1.165, 1.54) is 4.68 Å². The monoisotopic (exact) mass is 210 g/mol. The minimum Gasteiger partial charge on any atom is -0.381 e. The van der Waals surface area contributed by atoms with Crippen molar-refractivity contribution in [1.29, 1.82) is 0 Å². The van der Waals surface area contributed by atoms with Gasteiger partial charge in [0.2, 0.25) is 0 Å². The van der Waals surface area contributed by atoms with Crippen molar-refractivity contribution >= 4 is 5.82 Å². The molecule has 5 nitrogen and oxygen atoms in total. The van der Waals surface area contributed by atoms with Gasteiger partial charge in [-0.1, -0.05) is 5.21 Å². The molecule has 0 bridgehead atoms. The van der Waals surface area contributed by atoms with Crippen molar-refractivity contribution in [2.24, 2.45) is 0 Å². The normalized spacial score (nSPS) is 12.0. The van der Waals surface area contributed by atoms with E-state index in [0.717, 1.165) is 0 Å². The highest BCUT2D eigenvalue weighted by atomic mass is 19.4. The van der Waals surface area contributed by atoms with Crippen LogP contribution < -0.4 is 5.73 Å². The van der Waals surface area contributed by atoms with Crippen LogP contribution in [-0.4, -0.2) is 28.0 Å². The van der Waals surface area contributed by atoms with Gasteiger partial charge in [-0.3, -0.25) is 4.74 Å². The Balaban J connectivity index is 2.43. The van der Waals surface area contributed by atoms with Crippen molar-refractivity contribution in [2.45, 2.75) is 19.8 Å². The molecular weight excluding hydrogens is 201 g/mol. The molecule has 0 fully saturated rings. The number of anilines is 1. The molecule has 0 aromatic carbocycles. The molecule has 0 spiro atoms. The number of nitrogens with two attached hydrogens (primary N) is 1. The van der Waals surface area contributed by atoms with E-state index in [9.17, 15) is 13.2 Å². The molecule has 8 heteroatoms. The first kappa shape index (κ1) is 10.8. The van der Waals surface area contributed by atoms with Crippen LogP contribution in [0.4, 0.5) is 19.0 Å². The van der Waals surface area contributed by atoms with Crippen LogP contribution >= 0.6 is 0 Å². The highest BCUT2D eigenvalue weighted by molar-refractivity contribution is 5.31. The molecule has 0 saturated heterocycles. The van der Waals surface area contributed by atoms with Gasteiger partial charge in [-0.15, -0.1) is 18.3 Å². The Labute approximate surface area is 77.6 Å². The first-order valence-electron chi connectivity index (χ1n) is 3.76. The molecule has 0 unspecified atom stereocenters. The number of aromatic nitrogens is 3. The Morgan fingerprint density at radius 3 is 2.57 bits per heavy atom. The summed E-state index contributed by atoms with van der Waals surface area (Å²) in [6.07, 6.45) is -4.61. The van der Waals surface area contributed by atoms with Gasteiger partial charge in [0.25, 0.3) is 0 Å². The second-order valence-electron chi connectivity index (χ2n) is 2.58. The van der Waals surface area contributed by atoms with Crippen LogP contribution in [0.1, 0.15) is 5.69 Å². The zero-order valence-corrected chi connectivity index (χ0v) is 7.38. The maximum absolute atomic E-state index is 11.6. The number of ether oxygens (including phenoxy) is 1. The van der Waals surface area contributed by atoms with E-state index in [2.05, 4.69) is 15.0 Å². The number of alkyl halides is 3. The first-order valence-corrected chi connectivity index (χ1v) is 3.76. The average molecular weight is 210 g/mol. The summed E-state index contributed by atoms with van der Waals surface area (Å²) in [5.74, 6) is 0.206. The number of hydrogen-bond acceptors (Lipinski definition) is 4. The Bertz CT molecular complexity index is 309. The largest absolute Gasteiger partial charge is 0.522 e. The first-order chi connectivity index (χ1) is 6.40. The number of rotatable bonds is 3. The Morgan fingerprint density at radius 2 is 2.14 bits per heavy atom. The third-order valence-corrected chi connectivity index (χ3v) is 1.59. The van der Waals surface area contributed by atoms with Gasteiger partial charge in [-0.05, 0) is 6.92 Å². The average Bonchev–Trinajstić information content (AvgIpc) is 2.33. The van der Waals surface area contributed by atoms with Gasteiger partial charge in [0.05, 0.1) is 18.8 Å². The van der Waals surface area contributed by atoms with E-state index >= 15 is 0 Å². The summed E-state index contributed by atoms with van der Waals surface area (Å²) in [5, 5.41) is 7.01. The molecule has 1 aromatic rings. The molecule has 2 N–H and O–H groups in total. The van der Waals surface area contributed by atoms with Gasteiger partial charge < -0.3 is 5.73 Å². The summed E-state index contributed by atoms with van der Waals surface area (Å²) in [6, 6.07) is 0. The molecule has 1 rings (SSSR count). The fourth-order valence-corrected chi connectivity index (χ4v) is 0.834. The molecule has 0 aliphatic carbocycles. The minimum atomic E-state index is -4.61. The van der Waals surface area contributed by atoms with E-state index in [1.807, 2.05) is 0 Å². The smallest absolute Gasteiger partial charge is 0.381 e. The van der Waals surface area contributed by atoms with Gasteiger partial charge in [0, 0.05) is 0 Å². The van der Waals surface area contributed by atoms with Crippen molar-refractivity contribution < 1.29 is 17.9 Å². The van der Waals surface area contributed by atoms with Crippen LogP contribution in [0.5, 0.6) is 0 Å². The summed E-state index contributed by atoms with van der Waals surface area (Å²) >= 11 is 0. The quantitative estimate of drug-likeness (QED) is 0.797. The number of halogens is 3. The molecule has 14 heavy (non-hydrogen) atoms. The minimum absolute atomic E-state index is 0.0322. The maximum Gasteiger partial charge on any atom is 0.522 e. The summed E-state index contributed by atoms with van der Waals surface area (Å²) in [6.45, 7) is 1.08. The van der Waals surface area contributed by atoms with E-state index in [-0.39, 0.29) is 12.4 Å². The molecule has 0 amide bonds. The Kier molecular flexibility index (Phi) is 2.94. The molecule has 0 aliphatic heterocycles. The zero-order valence-electron chi connectivity index (χ0n) is 7.38. The van der Waals surface area contributed by atoms with Crippen LogP contribution in [0.2, 0.25) is 0 Å². The molecule has 0 saturated carbocycles. The molecular formula is C6H9F3N4O. The van der Waals surface area contributed by atoms with E-state index < -0.39 is 13.0 Å². The van der Waals surface area contributed by atoms with Crippen LogP contribution in [0.3, 0.4) is 0 Å². The predicted octanol–water partition coefficient (Wildman–Crippen LogP) is 0.705. The molecule has 0 radical (unpaired) electrons. The number of nitrogens with zero attached hydrogens (tertiary/aromatic N) is 3. The predicted molar refractivity (Wildman–Crippen MR) is 41.2 cm³/mol. The lowest BCUT2D eigenvalue weighted by Crippen LogP contribution is -2.18. The number of hydrogen-bond donors (Lipinski definition) is 1. The fraction of sp³-hybridized carbons (Fsp3) is 0.667. The van der Waals surface area contributed by atoms with Crippen LogP contribution in [-0.2, 0) is 11.3 Å². The number of nitrogen functional groups attached to an aromatic ring is 1. The van der Waals surface area contributed by atoms with Gasteiger partial charge in [-0.25, -0.2) is 4.68 Å². The SMILES string of the molecule is Cc1c(N)nnn1CCOC(F)(F)F. The highest BCUT2D eigenvalue weighted by Crippen LogP contribution is 2.16. The summed E-state index contributed by atoms with van der Waals surface area (Å²) in [4.78, 5) is 0. The third kappa shape index (κ3) is 2.87. The zero-order chi connectivity index (χ0) is 10.8. The summed E-state index contributed by atoms with van der Waals surface area (Å²) in [7, 11) is 0. The lowest BCUT2D eigenvalue weighted by atomic mass is 10.5. The van der Waals surface area contributed by atoms with Gasteiger partial charge >= 0.3 is 6.36 Å². The van der Waals surface area contributed by atoms with Crippen molar-refractivity contribution in [3.8, 4) is 0 Å². The Hall–Kier alpha value is -1.31. The standard InChI is InChI=1S/C6H9F3N4O/c1-4-5(10)11-12-13(4)2-3-14-6(7,8)9/h2-3,10H2,1H3. The lowest BCUT2D eigenvalue weighted by molar-refractivity contribution is -0.325. The second-order valence-corrected chi connectivity index (χ2v) is 2.58. The molecule has 1 heterocycles. The van der Waals surface area contributed by atoms with Crippen LogP contribution in [0.15, 0.2) is 0 Å². The second kappa shape index (κ2) is 3.82. The van der Waals surface area contributed by atoms with E-state index in [0.29, 0.717) is 5.69 Å². The summed E-state index contributed by atoms with van der Waals surface area (Å²) < 4.78 is 39.5. The van der Waals surface area contributed by atoms with Gasteiger partial charge in [0.15, 0.2) is 5.82 Å². The lowest BCUT2D eigenvalue weighted by Gasteiger charge is -2.07. The van der Waals surface area contributed by atoms with Crippen molar-refractivity contribution in [3.63, 3.8) is 0 Å².